The Kier molecular flexibility index (Phi) is 8.94. The fourth-order valence-corrected chi connectivity index (χ4v) is 1.16. The van der Waals surface area contributed by atoms with Crippen LogP contribution in [0.4, 0.5) is 4.79 Å². The highest BCUT2D eigenvalue weighted by molar-refractivity contribution is 5.74. The van der Waals surface area contributed by atoms with Gasteiger partial charge in [0.1, 0.15) is 0 Å². The molecule has 0 aliphatic heterocycles. The Labute approximate surface area is 113 Å². The minimum atomic E-state index is -0.992. The molecule has 0 radical (unpaired) electrons. The summed E-state index contributed by atoms with van der Waals surface area (Å²) >= 11 is 0. The molecule has 0 rings (SSSR count). The van der Waals surface area contributed by atoms with Crippen molar-refractivity contribution in [1.82, 2.24) is 10.6 Å². The number of nitrogens with one attached hydrogen (secondary N) is 2. The predicted octanol–water partition coefficient (Wildman–Crippen LogP) is -0.0567. The molecular formula is C12H24N2O5. The number of urea groups is 1. The lowest BCUT2D eigenvalue weighted by molar-refractivity contribution is -0.0201. The van der Waals surface area contributed by atoms with Crippen LogP contribution in [0.3, 0.4) is 0 Å². The maximum atomic E-state index is 11.5. The number of carbonyl (C=O) groups excluding carboxylic acids is 1. The Bertz CT molecular complexity index is 271. The number of allylic oxidation sites excluding steroid dienone is 1. The van der Waals surface area contributed by atoms with Crippen LogP contribution in [0.5, 0.6) is 0 Å². The van der Waals surface area contributed by atoms with E-state index < -0.39 is 11.6 Å². The van der Waals surface area contributed by atoms with E-state index in [0.717, 1.165) is 0 Å². The van der Waals surface area contributed by atoms with Gasteiger partial charge in [0.15, 0.2) is 6.79 Å². The van der Waals surface area contributed by atoms with E-state index in [4.69, 9.17) is 19.7 Å². The van der Waals surface area contributed by atoms with Gasteiger partial charge in [0.2, 0.25) is 0 Å². The number of aliphatic hydroxyl groups is 2. The van der Waals surface area contributed by atoms with Crippen molar-refractivity contribution in [2.75, 3.05) is 33.2 Å². The fourth-order valence-electron chi connectivity index (χ4n) is 1.16. The first-order chi connectivity index (χ1) is 8.99. The van der Waals surface area contributed by atoms with E-state index in [2.05, 4.69) is 17.2 Å². The number of carbonyl (C=O) groups is 1. The molecule has 0 spiro atoms. The number of ether oxygens (including phenoxy) is 2. The first-order valence-electron chi connectivity index (χ1n) is 6.13. The zero-order chi connectivity index (χ0) is 14.7. The summed E-state index contributed by atoms with van der Waals surface area (Å²) in [6.07, 6.45) is 0.427. The molecule has 0 heterocycles. The van der Waals surface area contributed by atoms with Crippen molar-refractivity contribution in [3.8, 4) is 0 Å². The SMILES string of the molecule is C=C(C)OCOCCNC(=O)NC(CC)(CO)CO. The van der Waals surface area contributed by atoms with Crippen LogP contribution in [0.1, 0.15) is 20.3 Å². The lowest BCUT2D eigenvalue weighted by Crippen LogP contribution is -2.56. The smallest absolute Gasteiger partial charge is 0.315 e. The van der Waals surface area contributed by atoms with Gasteiger partial charge in [-0.2, -0.15) is 0 Å². The third-order valence-electron chi connectivity index (χ3n) is 2.58. The van der Waals surface area contributed by atoms with E-state index in [-0.39, 0.29) is 26.6 Å². The predicted molar refractivity (Wildman–Crippen MR) is 70.4 cm³/mol. The molecular weight excluding hydrogens is 252 g/mol. The molecule has 2 amide bonds. The monoisotopic (exact) mass is 276 g/mol. The first kappa shape index (κ1) is 17.7. The number of hydrogen-bond donors (Lipinski definition) is 4. The van der Waals surface area contributed by atoms with Crippen molar-refractivity contribution >= 4 is 6.03 Å². The second-order valence-electron chi connectivity index (χ2n) is 4.20. The van der Waals surface area contributed by atoms with Gasteiger partial charge in [-0.1, -0.05) is 13.5 Å². The minimum Gasteiger partial charge on any atom is -0.473 e. The van der Waals surface area contributed by atoms with Gasteiger partial charge >= 0.3 is 6.03 Å². The highest BCUT2D eigenvalue weighted by Crippen LogP contribution is 2.07. The molecule has 0 aliphatic carbocycles. The van der Waals surface area contributed by atoms with E-state index >= 15 is 0 Å². The van der Waals surface area contributed by atoms with Gasteiger partial charge in [-0.25, -0.2) is 4.79 Å². The lowest BCUT2D eigenvalue weighted by atomic mass is 9.99. The first-order valence-corrected chi connectivity index (χ1v) is 6.13. The maximum absolute atomic E-state index is 11.5. The Morgan fingerprint density at radius 2 is 2.00 bits per heavy atom. The summed E-state index contributed by atoms with van der Waals surface area (Å²) in [5.41, 5.74) is -0.992. The second-order valence-corrected chi connectivity index (χ2v) is 4.20. The van der Waals surface area contributed by atoms with Gasteiger partial charge < -0.3 is 30.3 Å². The van der Waals surface area contributed by atoms with E-state index in [0.29, 0.717) is 18.7 Å². The maximum Gasteiger partial charge on any atom is 0.315 e. The molecule has 0 aromatic carbocycles. The molecule has 0 unspecified atom stereocenters. The van der Waals surface area contributed by atoms with Crippen molar-refractivity contribution in [2.24, 2.45) is 0 Å². The van der Waals surface area contributed by atoms with Crippen molar-refractivity contribution < 1.29 is 24.5 Å². The molecule has 0 bridgehead atoms. The molecule has 7 nitrogen and oxygen atoms in total. The van der Waals surface area contributed by atoms with Crippen molar-refractivity contribution in [3.63, 3.8) is 0 Å². The molecule has 0 aliphatic rings. The van der Waals surface area contributed by atoms with E-state index in [1.165, 1.54) is 0 Å². The van der Waals surface area contributed by atoms with Gasteiger partial charge in [-0.05, 0) is 13.3 Å². The summed E-state index contributed by atoms with van der Waals surface area (Å²) in [7, 11) is 0. The van der Waals surface area contributed by atoms with Crippen molar-refractivity contribution in [2.45, 2.75) is 25.8 Å². The van der Waals surface area contributed by atoms with E-state index in [1.54, 1.807) is 13.8 Å². The third-order valence-corrected chi connectivity index (χ3v) is 2.58. The molecule has 7 heteroatoms. The molecule has 112 valence electrons. The molecule has 0 atom stereocenters. The van der Waals surface area contributed by atoms with Crippen LogP contribution in [-0.2, 0) is 9.47 Å². The normalized spacial score (nSPS) is 10.9. The van der Waals surface area contributed by atoms with Gasteiger partial charge in [0.25, 0.3) is 0 Å². The Hall–Kier alpha value is -1.31. The number of amides is 2. The van der Waals surface area contributed by atoms with Crippen LogP contribution in [0, 0.1) is 0 Å². The quantitative estimate of drug-likeness (QED) is 0.254. The largest absolute Gasteiger partial charge is 0.473 e. The van der Waals surface area contributed by atoms with Crippen LogP contribution in [-0.4, -0.2) is 54.9 Å². The molecule has 4 N–H and O–H groups in total. The van der Waals surface area contributed by atoms with Crippen LogP contribution in [0.25, 0.3) is 0 Å². The summed E-state index contributed by atoms with van der Waals surface area (Å²) in [5.74, 6) is 0.560. The highest BCUT2D eigenvalue weighted by atomic mass is 16.7. The third kappa shape index (κ3) is 7.66. The number of hydrogen-bond acceptors (Lipinski definition) is 5. The summed E-state index contributed by atoms with van der Waals surface area (Å²) in [5, 5.41) is 23.4. The standard InChI is InChI=1S/C12H24N2O5/c1-4-12(7-15,8-16)14-11(17)13-5-6-18-9-19-10(2)3/h15-16H,2,4-9H2,1,3H3,(H2,13,14,17). The van der Waals surface area contributed by atoms with Gasteiger partial charge in [0, 0.05) is 6.54 Å². The van der Waals surface area contributed by atoms with Crippen molar-refractivity contribution in [1.29, 1.82) is 0 Å². The summed E-state index contributed by atoms with van der Waals surface area (Å²) in [6.45, 7) is 7.05. The average molecular weight is 276 g/mol. The molecule has 0 aromatic rings. The van der Waals surface area contributed by atoms with Gasteiger partial charge in [-0.15, -0.1) is 0 Å². The molecule has 19 heavy (non-hydrogen) atoms. The zero-order valence-corrected chi connectivity index (χ0v) is 11.6. The van der Waals surface area contributed by atoms with Gasteiger partial charge in [-0.3, -0.25) is 0 Å². The minimum absolute atomic E-state index is 0.0881. The van der Waals surface area contributed by atoms with E-state index in [9.17, 15) is 4.79 Å². The van der Waals surface area contributed by atoms with E-state index in [1.807, 2.05) is 0 Å². The molecule has 0 aromatic heterocycles. The van der Waals surface area contributed by atoms with Crippen LogP contribution < -0.4 is 10.6 Å². The zero-order valence-electron chi connectivity index (χ0n) is 11.6. The van der Waals surface area contributed by atoms with Gasteiger partial charge in [0.05, 0.1) is 31.1 Å². The topological polar surface area (TPSA) is 100 Å². The number of rotatable bonds is 10. The molecule has 0 saturated heterocycles. The Morgan fingerprint density at radius 3 is 2.47 bits per heavy atom. The summed E-state index contributed by atoms with van der Waals surface area (Å²) in [6, 6.07) is -0.464. The number of aliphatic hydroxyl groups excluding tert-OH is 2. The molecule has 0 fully saturated rings. The Balaban J connectivity index is 3.77. The van der Waals surface area contributed by atoms with Crippen LogP contribution >= 0.6 is 0 Å². The summed E-state index contributed by atoms with van der Waals surface area (Å²) < 4.78 is 10.1. The Morgan fingerprint density at radius 1 is 1.37 bits per heavy atom. The molecule has 0 saturated carbocycles. The second kappa shape index (κ2) is 9.60. The van der Waals surface area contributed by atoms with Crippen LogP contribution in [0.2, 0.25) is 0 Å². The highest BCUT2D eigenvalue weighted by Gasteiger charge is 2.28. The average Bonchev–Trinajstić information content (AvgIpc) is 2.40. The summed E-state index contributed by atoms with van der Waals surface area (Å²) in [4.78, 5) is 11.5. The fraction of sp³-hybridized carbons (Fsp3) is 0.750. The van der Waals surface area contributed by atoms with Crippen molar-refractivity contribution in [3.05, 3.63) is 12.3 Å². The lowest BCUT2D eigenvalue weighted by Gasteiger charge is -2.29. The van der Waals surface area contributed by atoms with Crippen LogP contribution in [0.15, 0.2) is 12.3 Å².